The number of rotatable bonds is 8. The highest BCUT2D eigenvalue weighted by Crippen LogP contribution is 2.15. The van der Waals surface area contributed by atoms with E-state index in [2.05, 4.69) is 58.1 Å². The molecule has 2 aromatic rings. The number of ether oxygens (including phenoxy) is 1. The van der Waals surface area contributed by atoms with Crippen LogP contribution in [0.15, 0.2) is 41.2 Å². The van der Waals surface area contributed by atoms with E-state index >= 15 is 0 Å². The maximum Gasteiger partial charge on any atom is 0.213 e. The minimum absolute atomic E-state index is 0.0541. The van der Waals surface area contributed by atoms with Gasteiger partial charge in [0.25, 0.3) is 0 Å². The topological polar surface area (TPSA) is 60.2 Å². The molecule has 1 N–H and O–H groups in total. The summed E-state index contributed by atoms with van der Waals surface area (Å²) in [6.07, 6.45) is 1.31. The van der Waals surface area contributed by atoms with Crippen molar-refractivity contribution in [3.63, 3.8) is 0 Å². The van der Waals surface area contributed by atoms with Gasteiger partial charge in [0.2, 0.25) is 6.39 Å². The van der Waals surface area contributed by atoms with Crippen molar-refractivity contribution in [2.45, 2.75) is 27.0 Å². The number of benzene rings is 1. The fourth-order valence-corrected chi connectivity index (χ4v) is 1.87. The van der Waals surface area contributed by atoms with Crippen molar-refractivity contribution in [1.29, 1.82) is 0 Å². The summed E-state index contributed by atoms with van der Waals surface area (Å²) in [6, 6.07) is 10.4. The third kappa shape index (κ3) is 5.11. The van der Waals surface area contributed by atoms with Crippen LogP contribution in [-0.4, -0.2) is 23.3 Å². The minimum Gasteiger partial charge on any atom is -0.373 e. The Morgan fingerprint density at radius 2 is 2.05 bits per heavy atom. The Morgan fingerprint density at radius 3 is 2.75 bits per heavy atom. The third-order valence-corrected chi connectivity index (χ3v) is 2.91. The molecule has 20 heavy (non-hydrogen) atoms. The van der Waals surface area contributed by atoms with Crippen molar-refractivity contribution >= 4 is 0 Å². The van der Waals surface area contributed by atoms with Gasteiger partial charge in [-0.3, -0.25) is 0 Å². The van der Waals surface area contributed by atoms with E-state index in [1.165, 1.54) is 12.0 Å². The first-order chi connectivity index (χ1) is 9.66. The predicted molar refractivity (Wildman–Crippen MR) is 75.9 cm³/mol. The van der Waals surface area contributed by atoms with Gasteiger partial charge in [0.05, 0.1) is 6.61 Å². The molecule has 0 bridgehead atoms. The van der Waals surface area contributed by atoms with Gasteiger partial charge in [0.15, 0.2) is 5.82 Å². The molecule has 1 heterocycles. The molecule has 0 unspecified atom stereocenters. The van der Waals surface area contributed by atoms with Crippen molar-refractivity contribution in [2.75, 3.05) is 13.2 Å². The summed E-state index contributed by atoms with van der Waals surface area (Å²) in [7, 11) is 0. The van der Waals surface area contributed by atoms with Gasteiger partial charge in [0.1, 0.15) is 6.61 Å². The average Bonchev–Trinajstić information content (AvgIpc) is 2.93. The molecule has 0 amide bonds. The molecule has 1 aromatic heterocycles. The molecular formula is C15H21N3O2. The molecule has 0 saturated carbocycles. The lowest BCUT2D eigenvalue weighted by Crippen LogP contribution is -2.33. The maximum absolute atomic E-state index is 5.62. The Kier molecular flexibility index (Phi) is 5.26. The molecule has 0 aliphatic rings. The van der Waals surface area contributed by atoms with Gasteiger partial charge in [-0.15, -0.1) is 0 Å². The number of nitrogens with zero attached hydrogens (tertiary/aromatic N) is 2. The summed E-state index contributed by atoms with van der Waals surface area (Å²) in [5.41, 5.74) is 1.34. The first kappa shape index (κ1) is 14.7. The zero-order valence-corrected chi connectivity index (χ0v) is 12.0. The summed E-state index contributed by atoms with van der Waals surface area (Å²) in [4.78, 5) is 3.92. The molecule has 2 rings (SSSR count). The van der Waals surface area contributed by atoms with Crippen LogP contribution in [0.25, 0.3) is 0 Å². The van der Waals surface area contributed by atoms with Crippen LogP contribution < -0.4 is 5.32 Å². The Bertz CT molecular complexity index is 483. The molecule has 1 aromatic carbocycles. The zero-order valence-electron chi connectivity index (χ0n) is 12.0. The van der Waals surface area contributed by atoms with Crippen LogP contribution >= 0.6 is 0 Å². The van der Waals surface area contributed by atoms with Crippen LogP contribution in [0.5, 0.6) is 0 Å². The van der Waals surface area contributed by atoms with E-state index in [4.69, 9.17) is 4.74 Å². The van der Waals surface area contributed by atoms with E-state index in [9.17, 15) is 0 Å². The molecule has 0 atom stereocenters. The van der Waals surface area contributed by atoms with Crippen LogP contribution in [0, 0.1) is 5.41 Å². The predicted octanol–water partition coefficient (Wildman–Crippen LogP) is 2.40. The highest BCUT2D eigenvalue weighted by Gasteiger charge is 2.18. The molecule has 0 aliphatic carbocycles. The van der Waals surface area contributed by atoms with Gasteiger partial charge in [-0.25, -0.2) is 0 Å². The second-order valence-corrected chi connectivity index (χ2v) is 5.59. The van der Waals surface area contributed by atoms with Crippen LogP contribution in [0.1, 0.15) is 25.2 Å². The van der Waals surface area contributed by atoms with Gasteiger partial charge in [-0.2, -0.15) is 4.98 Å². The van der Waals surface area contributed by atoms with E-state index in [0.29, 0.717) is 19.0 Å². The van der Waals surface area contributed by atoms with Gasteiger partial charge in [0, 0.05) is 18.5 Å². The molecule has 0 radical (unpaired) electrons. The lowest BCUT2D eigenvalue weighted by atomic mass is 9.95. The van der Waals surface area contributed by atoms with Crippen molar-refractivity contribution < 1.29 is 9.26 Å². The number of hydrogen-bond donors (Lipinski definition) is 1. The number of nitrogens with one attached hydrogen (secondary N) is 1. The minimum atomic E-state index is 0.0541. The highest BCUT2D eigenvalue weighted by atomic mass is 16.5. The van der Waals surface area contributed by atoms with Crippen LogP contribution in [-0.2, 0) is 17.9 Å². The van der Waals surface area contributed by atoms with Crippen molar-refractivity contribution in [3.05, 3.63) is 48.1 Å². The SMILES string of the molecule is CC(C)(CNCc1ccccc1)COCc1ncon1. The Labute approximate surface area is 119 Å². The second kappa shape index (κ2) is 7.17. The highest BCUT2D eigenvalue weighted by molar-refractivity contribution is 5.14. The Morgan fingerprint density at radius 1 is 1.25 bits per heavy atom. The zero-order chi connectivity index (χ0) is 14.3. The molecule has 0 aliphatic heterocycles. The Balaban J connectivity index is 1.65. The third-order valence-electron chi connectivity index (χ3n) is 2.91. The van der Waals surface area contributed by atoms with Crippen LogP contribution in [0.2, 0.25) is 0 Å². The summed E-state index contributed by atoms with van der Waals surface area (Å²) in [5, 5.41) is 7.17. The monoisotopic (exact) mass is 275 g/mol. The molecule has 0 saturated heterocycles. The average molecular weight is 275 g/mol. The van der Waals surface area contributed by atoms with Crippen molar-refractivity contribution in [3.8, 4) is 0 Å². The van der Waals surface area contributed by atoms with Crippen molar-refractivity contribution in [1.82, 2.24) is 15.5 Å². The van der Waals surface area contributed by atoms with E-state index in [1.54, 1.807) is 0 Å². The van der Waals surface area contributed by atoms with Gasteiger partial charge in [-0.05, 0) is 5.56 Å². The van der Waals surface area contributed by atoms with Gasteiger partial charge >= 0.3 is 0 Å². The first-order valence-electron chi connectivity index (χ1n) is 6.73. The maximum atomic E-state index is 5.62. The summed E-state index contributed by atoms with van der Waals surface area (Å²) >= 11 is 0. The molecule has 108 valence electrons. The summed E-state index contributed by atoms with van der Waals surface area (Å²) in [5.74, 6) is 0.582. The quantitative estimate of drug-likeness (QED) is 0.801. The van der Waals surface area contributed by atoms with E-state index in [0.717, 1.165) is 13.1 Å². The lowest BCUT2D eigenvalue weighted by Gasteiger charge is -2.24. The van der Waals surface area contributed by atoms with E-state index in [1.807, 2.05) is 6.07 Å². The molecule has 0 fully saturated rings. The molecule has 0 spiro atoms. The number of aromatic nitrogens is 2. The Hall–Kier alpha value is -1.72. The standard InChI is InChI=1S/C15H21N3O2/c1-15(2,11-19-9-14-17-12-20-18-14)10-16-8-13-6-4-3-5-7-13/h3-7,12,16H,8-11H2,1-2H3. The molecular weight excluding hydrogens is 254 g/mol. The van der Waals surface area contributed by atoms with Gasteiger partial charge in [-0.1, -0.05) is 49.3 Å². The summed E-state index contributed by atoms with van der Waals surface area (Å²) in [6.45, 7) is 7.12. The van der Waals surface area contributed by atoms with E-state index in [-0.39, 0.29) is 5.41 Å². The van der Waals surface area contributed by atoms with Gasteiger partial charge < -0.3 is 14.6 Å². The fourth-order valence-electron chi connectivity index (χ4n) is 1.87. The lowest BCUT2D eigenvalue weighted by molar-refractivity contribution is 0.0467. The normalized spacial score (nSPS) is 11.7. The van der Waals surface area contributed by atoms with Crippen molar-refractivity contribution in [2.24, 2.45) is 5.41 Å². The van der Waals surface area contributed by atoms with Crippen LogP contribution in [0.3, 0.4) is 0 Å². The van der Waals surface area contributed by atoms with E-state index < -0.39 is 0 Å². The number of hydrogen-bond acceptors (Lipinski definition) is 5. The fraction of sp³-hybridized carbons (Fsp3) is 0.467. The molecule has 5 heteroatoms. The second-order valence-electron chi connectivity index (χ2n) is 5.59. The summed E-state index contributed by atoms with van der Waals surface area (Å²) < 4.78 is 10.3. The molecule has 5 nitrogen and oxygen atoms in total. The largest absolute Gasteiger partial charge is 0.373 e. The smallest absolute Gasteiger partial charge is 0.213 e. The van der Waals surface area contributed by atoms with Crippen LogP contribution in [0.4, 0.5) is 0 Å². The first-order valence-corrected chi connectivity index (χ1v) is 6.73.